The van der Waals surface area contributed by atoms with Gasteiger partial charge in [-0.2, -0.15) is 0 Å². The summed E-state index contributed by atoms with van der Waals surface area (Å²) in [5, 5.41) is 6.77. The highest BCUT2D eigenvalue weighted by Gasteiger charge is 2.21. The quantitative estimate of drug-likeness (QED) is 0.300. The minimum atomic E-state index is 0. The highest BCUT2D eigenvalue weighted by molar-refractivity contribution is 14.0. The van der Waals surface area contributed by atoms with Gasteiger partial charge in [0.05, 0.1) is 0 Å². The topological polar surface area (TPSA) is 76.1 Å². The maximum Gasteiger partial charge on any atom is 0.227 e. The van der Waals surface area contributed by atoms with Gasteiger partial charge in [0, 0.05) is 71.2 Å². The number of carbonyl (C=O) groups is 1. The summed E-state index contributed by atoms with van der Waals surface area (Å²) in [6, 6.07) is 12.4. The molecule has 2 aliphatic rings. The highest BCUT2D eigenvalue weighted by Crippen LogP contribution is 2.21. The molecule has 1 amide bonds. The van der Waals surface area contributed by atoms with Crippen molar-refractivity contribution in [3.63, 3.8) is 0 Å². The molecule has 1 aromatic heterocycles. The number of halogens is 1. The van der Waals surface area contributed by atoms with Crippen molar-refractivity contribution in [2.75, 3.05) is 56.1 Å². The first kappa shape index (κ1) is 26.2. The van der Waals surface area contributed by atoms with E-state index < -0.39 is 0 Å². The van der Waals surface area contributed by atoms with E-state index >= 15 is 0 Å². The third kappa shape index (κ3) is 6.82. The zero-order valence-electron chi connectivity index (χ0n) is 20.2. The van der Waals surface area contributed by atoms with E-state index in [0.29, 0.717) is 19.5 Å². The molecule has 0 unspecified atom stereocenters. The average Bonchev–Trinajstić information content (AvgIpc) is 3.30. The third-order valence-corrected chi connectivity index (χ3v) is 6.42. The van der Waals surface area contributed by atoms with Gasteiger partial charge in [-0.1, -0.05) is 19.1 Å². The monoisotopic (exact) mass is 577 g/mol. The number of anilines is 2. The van der Waals surface area contributed by atoms with Crippen molar-refractivity contribution in [1.29, 1.82) is 0 Å². The van der Waals surface area contributed by atoms with E-state index in [1.54, 1.807) is 7.05 Å². The normalized spacial score (nSPS) is 17.0. The Kier molecular flexibility index (Phi) is 9.94. The molecule has 8 nitrogen and oxygen atoms in total. The number of hydrogen-bond donors (Lipinski definition) is 2. The second-order valence-electron chi connectivity index (χ2n) is 8.54. The van der Waals surface area contributed by atoms with E-state index in [-0.39, 0.29) is 29.9 Å². The fourth-order valence-electron chi connectivity index (χ4n) is 4.34. The molecule has 2 aliphatic heterocycles. The number of carbonyl (C=O) groups excluding carboxylic acids is 1. The van der Waals surface area contributed by atoms with Gasteiger partial charge in [0.25, 0.3) is 0 Å². The molecule has 9 heteroatoms. The maximum absolute atomic E-state index is 11.9. The van der Waals surface area contributed by atoms with Crippen LogP contribution in [0.4, 0.5) is 11.5 Å². The van der Waals surface area contributed by atoms with E-state index in [4.69, 9.17) is 0 Å². The largest absolute Gasteiger partial charge is 0.354 e. The number of nitrogens with zero attached hydrogens (tertiary/aromatic N) is 5. The van der Waals surface area contributed by atoms with Crippen LogP contribution in [-0.2, 0) is 17.9 Å². The molecular weight excluding hydrogens is 541 g/mol. The molecule has 4 rings (SSSR count). The van der Waals surface area contributed by atoms with Crippen molar-refractivity contribution in [3.05, 3.63) is 53.7 Å². The summed E-state index contributed by atoms with van der Waals surface area (Å²) in [7, 11) is 1.78. The molecule has 0 atom stereocenters. The van der Waals surface area contributed by atoms with Crippen LogP contribution >= 0.6 is 24.0 Å². The number of pyridine rings is 1. The molecule has 2 saturated heterocycles. The summed E-state index contributed by atoms with van der Waals surface area (Å²) in [5.74, 6) is 2.02. The number of likely N-dealkylation sites (N-methyl/N-ethyl adjacent to an activating group) is 1. The zero-order valence-corrected chi connectivity index (χ0v) is 22.5. The Labute approximate surface area is 219 Å². The van der Waals surface area contributed by atoms with E-state index in [2.05, 4.69) is 55.5 Å². The second-order valence-corrected chi connectivity index (χ2v) is 8.54. The molecule has 184 valence electrons. The summed E-state index contributed by atoms with van der Waals surface area (Å²) in [6.07, 6.45) is 3.49. The summed E-state index contributed by atoms with van der Waals surface area (Å²) in [5.41, 5.74) is 3.31. The molecule has 3 heterocycles. The number of nitrogens with one attached hydrogen (secondary N) is 2. The predicted octanol–water partition coefficient (Wildman–Crippen LogP) is 2.83. The number of amides is 1. The van der Waals surface area contributed by atoms with Crippen LogP contribution in [0, 0.1) is 0 Å². The fourth-order valence-corrected chi connectivity index (χ4v) is 4.34. The molecule has 0 aliphatic carbocycles. The molecule has 0 bridgehead atoms. The number of benzene rings is 1. The number of rotatable bonds is 7. The van der Waals surface area contributed by atoms with Gasteiger partial charge < -0.3 is 25.3 Å². The molecule has 2 fully saturated rings. The lowest BCUT2D eigenvalue weighted by atomic mass is 10.2. The van der Waals surface area contributed by atoms with E-state index in [1.165, 1.54) is 5.56 Å². The molecule has 1 aromatic carbocycles. The van der Waals surface area contributed by atoms with Gasteiger partial charge in [-0.3, -0.25) is 9.79 Å². The van der Waals surface area contributed by atoms with Gasteiger partial charge in [-0.05, 0) is 48.4 Å². The van der Waals surface area contributed by atoms with Crippen molar-refractivity contribution in [3.8, 4) is 0 Å². The number of guanidine groups is 1. The van der Waals surface area contributed by atoms with E-state index in [9.17, 15) is 4.79 Å². The van der Waals surface area contributed by atoms with Gasteiger partial charge in [-0.25, -0.2) is 4.98 Å². The lowest BCUT2D eigenvalue weighted by molar-refractivity contribution is -0.117. The molecular formula is C25H36IN7O. The van der Waals surface area contributed by atoms with Crippen molar-refractivity contribution < 1.29 is 4.79 Å². The molecule has 2 N–H and O–H groups in total. The number of aliphatic imine (C=N–C) groups is 1. The molecule has 0 spiro atoms. The van der Waals surface area contributed by atoms with Crippen LogP contribution in [-0.4, -0.2) is 68.1 Å². The van der Waals surface area contributed by atoms with Crippen molar-refractivity contribution in [1.82, 2.24) is 20.5 Å². The van der Waals surface area contributed by atoms with Crippen LogP contribution in [0.3, 0.4) is 0 Å². The van der Waals surface area contributed by atoms with E-state index in [0.717, 1.165) is 68.7 Å². The second kappa shape index (κ2) is 12.9. The Morgan fingerprint density at radius 1 is 1.00 bits per heavy atom. The summed E-state index contributed by atoms with van der Waals surface area (Å²) in [4.78, 5) is 27.6. The SMILES string of the molecule is CCN1CCN(c2cc(CNC(=NC)NCc3ccc(N4CCCC4=O)cc3)ccn2)CC1.I. The first-order valence-corrected chi connectivity index (χ1v) is 11.9. The molecule has 0 saturated carbocycles. The van der Waals surface area contributed by atoms with Crippen LogP contribution in [0.2, 0.25) is 0 Å². The zero-order chi connectivity index (χ0) is 23.0. The Balaban J connectivity index is 0.00000324. The first-order valence-electron chi connectivity index (χ1n) is 11.9. The molecule has 2 aromatic rings. The Morgan fingerprint density at radius 2 is 1.71 bits per heavy atom. The highest BCUT2D eigenvalue weighted by atomic mass is 127. The Bertz CT molecular complexity index is 958. The van der Waals surface area contributed by atoms with Gasteiger partial charge >= 0.3 is 0 Å². The third-order valence-electron chi connectivity index (χ3n) is 6.42. The van der Waals surface area contributed by atoms with E-state index in [1.807, 2.05) is 29.3 Å². The summed E-state index contributed by atoms with van der Waals surface area (Å²) < 4.78 is 0. The molecule has 0 radical (unpaired) electrons. The summed E-state index contributed by atoms with van der Waals surface area (Å²) in [6.45, 7) is 9.71. The first-order chi connectivity index (χ1) is 16.2. The van der Waals surface area contributed by atoms with Crippen molar-refractivity contribution in [2.45, 2.75) is 32.9 Å². The van der Waals surface area contributed by atoms with Gasteiger partial charge in [0.15, 0.2) is 5.96 Å². The smallest absolute Gasteiger partial charge is 0.227 e. The molecule has 34 heavy (non-hydrogen) atoms. The number of piperazine rings is 1. The number of hydrogen-bond acceptors (Lipinski definition) is 5. The van der Waals surface area contributed by atoms with Crippen molar-refractivity contribution in [2.24, 2.45) is 4.99 Å². The summed E-state index contributed by atoms with van der Waals surface area (Å²) >= 11 is 0. The van der Waals surface area contributed by atoms with Crippen LogP contribution in [0.5, 0.6) is 0 Å². The van der Waals surface area contributed by atoms with Crippen LogP contribution < -0.4 is 20.4 Å². The minimum Gasteiger partial charge on any atom is -0.354 e. The van der Waals surface area contributed by atoms with Crippen LogP contribution in [0.15, 0.2) is 47.6 Å². The minimum absolute atomic E-state index is 0. The Morgan fingerprint density at radius 3 is 2.32 bits per heavy atom. The average molecular weight is 578 g/mol. The van der Waals surface area contributed by atoms with Gasteiger partial charge in [0.1, 0.15) is 5.82 Å². The Hall–Kier alpha value is -2.40. The lowest BCUT2D eigenvalue weighted by Crippen LogP contribution is -2.46. The van der Waals surface area contributed by atoms with Crippen LogP contribution in [0.1, 0.15) is 30.9 Å². The lowest BCUT2D eigenvalue weighted by Gasteiger charge is -2.34. The van der Waals surface area contributed by atoms with Crippen LogP contribution in [0.25, 0.3) is 0 Å². The predicted molar refractivity (Wildman–Crippen MR) is 149 cm³/mol. The van der Waals surface area contributed by atoms with Crippen molar-refractivity contribution >= 4 is 47.3 Å². The van der Waals surface area contributed by atoms with Gasteiger partial charge in [-0.15, -0.1) is 24.0 Å². The standard InChI is InChI=1S/C25H35N7O.HI/c1-3-30-13-15-31(16-14-30)23-17-21(10-11-27-23)19-29-25(26-2)28-18-20-6-8-22(9-7-20)32-12-4-5-24(32)33;/h6-11,17H,3-5,12-16,18-19H2,1-2H3,(H2,26,28,29);1H. The maximum atomic E-state index is 11.9. The fraction of sp³-hybridized carbons (Fsp3) is 0.480. The number of aromatic nitrogens is 1. The van der Waals surface area contributed by atoms with Gasteiger partial charge in [0.2, 0.25) is 5.91 Å².